The van der Waals surface area contributed by atoms with Crippen LogP contribution in [0.1, 0.15) is 58.3 Å². The Morgan fingerprint density at radius 3 is 2.93 bits per heavy atom. The second-order valence-corrected chi connectivity index (χ2v) is 5.11. The van der Waals surface area contributed by atoms with Gasteiger partial charge in [-0.3, -0.25) is 0 Å². The zero-order valence-corrected chi connectivity index (χ0v) is 10.0. The molecule has 0 saturated heterocycles. The first kappa shape index (κ1) is 11.0. The summed E-state index contributed by atoms with van der Waals surface area (Å²) < 4.78 is 0. The molecule has 2 aliphatic rings. The van der Waals surface area contributed by atoms with Crippen LogP contribution < -0.4 is 0 Å². The molecule has 15 heavy (non-hydrogen) atoms. The first-order valence-electron chi connectivity index (χ1n) is 6.78. The van der Waals surface area contributed by atoms with E-state index in [-0.39, 0.29) is 0 Å². The SMILES string of the molecule is CCC1CCC2CCCCCC=CC=C12. The van der Waals surface area contributed by atoms with Crippen molar-refractivity contribution in [2.75, 3.05) is 0 Å². The van der Waals surface area contributed by atoms with E-state index in [0.29, 0.717) is 0 Å². The lowest BCUT2D eigenvalue weighted by Crippen LogP contribution is -2.02. The van der Waals surface area contributed by atoms with Gasteiger partial charge in [-0.1, -0.05) is 43.6 Å². The van der Waals surface area contributed by atoms with E-state index >= 15 is 0 Å². The predicted molar refractivity (Wildman–Crippen MR) is 66.8 cm³/mol. The van der Waals surface area contributed by atoms with Gasteiger partial charge >= 0.3 is 0 Å². The molecule has 0 N–H and O–H groups in total. The Labute approximate surface area is 94.5 Å². The molecule has 2 rings (SSSR count). The normalized spacial score (nSPS) is 32.2. The topological polar surface area (TPSA) is 0 Å². The van der Waals surface area contributed by atoms with E-state index in [1.807, 2.05) is 0 Å². The molecule has 0 aliphatic heterocycles. The highest BCUT2D eigenvalue weighted by Gasteiger charge is 2.27. The zero-order chi connectivity index (χ0) is 10.5. The Bertz CT molecular complexity index is 247. The molecule has 0 nitrogen and oxygen atoms in total. The van der Waals surface area contributed by atoms with Crippen LogP contribution in [0.25, 0.3) is 0 Å². The number of fused-ring (bicyclic) bond motifs is 1. The van der Waals surface area contributed by atoms with Crippen molar-refractivity contribution in [1.82, 2.24) is 0 Å². The number of hydrogen-bond donors (Lipinski definition) is 0. The Morgan fingerprint density at radius 1 is 1.13 bits per heavy atom. The Balaban J connectivity index is 2.10. The Hall–Kier alpha value is -0.520. The van der Waals surface area contributed by atoms with Gasteiger partial charge in [0.1, 0.15) is 0 Å². The van der Waals surface area contributed by atoms with Crippen molar-refractivity contribution in [3.63, 3.8) is 0 Å². The number of hydrogen-bond acceptors (Lipinski definition) is 0. The van der Waals surface area contributed by atoms with Crippen LogP contribution in [-0.2, 0) is 0 Å². The summed E-state index contributed by atoms with van der Waals surface area (Å²) in [6.45, 7) is 2.34. The lowest BCUT2D eigenvalue weighted by atomic mass is 9.90. The molecule has 0 aromatic carbocycles. The lowest BCUT2D eigenvalue weighted by molar-refractivity contribution is 0.520. The van der Waals surface area contributed by atoms with E-state index in [4.69, 9.17) is 0 Å². The van der Waals surface area contributed by atoms with E-state index < -0.39 is 0 Å². The maximum absolute atomic E-state index is 2.44. The minimum atomic E-state index is 0.902. The van der Waals surface area contributed by atoms with E-state index in [9.17, 15) is 0 Å². The van der Waals surface area contributed by atoms with Gasteiger partial charge in [0.2, 0.25) is 0 Å². The molecule has 1 fully saturated rings. The molecule has 0 aromatic heterocycles. The minimum Gasteiger partial charge on any atom is -0.0845 e. The highest BCUT2D eigenvalue weighted by Crippen LogP contribution is 2.41. The number of rotatable bonds is 1. The molecule has 0 bridgehead atoms. The average molecular weight is 204 g/mol. The van der Waals surface area contributed by atoms with Crippen LogP contribution in [0.5, 0.6) is 0 Å². The molecule has 2 unspecified atom stereocenters. The van der Waals surface area contributed by atoms with Crippen molar-refractivity contribution in [1.29, 1.82) is 0 Å². The van der Waals surface area contributed by atoms with Crippen molar-refractivity contribution in [3.8, 4) is 0 Å². The molecule has 0 spiro atoms. The minimum absolute atomic E-state index is 0.902. The summed E-state index contributed by atoms with van der Waals surface area (Å²) in [6.07, 6.45) is 18.4. The monoisotopic (exact) mass is 204 g/mol. The van der Waals surface area contributed by atoms with Crippen LogP contribution >= 0.6 is 0 Å². The zero-order valence-electron chi connectivity index (χ0n) is 10.0. The molecule has 2 aliphatic carbocycles. The van der Waals surface area contributed by atoms with Gasteiger partial charge in [-0.05, 0) is 50.4 Å². The molecular weight excluding hydrogens is 180 g/mol. The standard InChI is InChI=1S/C15H24/c1-2-13-11-12-14-9-7-5-3-4-6-8-10-15(13)14/h6,8,10,13-14H,2-5,7,9,11-12H2,1H3. The van der Waals surface area contributed by atoms with Gasteiger partial charge in [0, 0.05) is 0 Å². The van der Waals surface area contributed by atoms with Crippen molar-refractivity contribution in [2.24, 2.45) is 11.8 Å². The summed E-state index contributed by atoms with van der Waals surface area (Å²) in [7, 11) is 0. The second kappa shape index (κ2) is 5.53. The molecule has 0 heterocycles. The average Bonchev–Trinajstić information content (AvgIpc) is 2.66. The van der Waals surface area contributed by atoms with E-state index in [1.54, 1.807) is 5.57 Å². The van der Waals surface area contributed by atoms with E-state index in [0.717, 1.165) is 11.8 Å². The molecular formula is C15H24. The maximum Gasteiger partial charge on any atom is -0.0197 e. The van der Waals surface area contributed by atoms with Gasteiger partial charge in [0.25, 0.3) is 0 Å². The molecule has 1 saturated carbocycles. The maximum atomic E-state index is 2.44. The molecule has 0 heteroatoms. The van der Waals surface area contributed by atoms with Crippen LogP contribution in [0, 0.1) is 11.8 Å². The van der Waals surface area contributed by atoms with Crippen LogP contribution in [0.15, 0.2) is 23.8 Å². The van der Waals surface area contributed by atoms with Crippen molar-refractivity contribution in [2.45, 2.75) is 58.3 Å². The quantitative estimate of drug-likeness (QED) is 0.571. The van der Waals surface area contributed by atoms with E-state index in [1.165, 1.54) is 51.4 Å². The van der Waals surface area contributed by atoms with Crippen LogP contribution in [0.3, 0.4) is 0 Å². The van der Waals surface area contributed by atoms with Crippen molar-refractivity contribution < 1.29 is 0 Å². The third kappa shape index (κ3) is 2.74. The fraction of sp³-hybridized carbons (Fsp3) is 0.733. The van der Waals surface area contributed by atoms with Gasteiger partial charge in [0.05, 0.1) is 0 Å². The molecule has 0 aromatic rings. The molecule has 0 amide bonds. The van der Waals surface area contributed by atoms with Gasteiger partial charge in [-0.15, -0.1) is 0 Å². The lowest BCUT2D eigenvalue weighted by Gasteiger charge is -2.16. The van der Waals surface area contributed by atoms with Crippen molar-refractivity contribution >= 4 is 0 Å². The van der Waals surface area contributed by atoms with Gasteiger partial charge in [-0.25, -0.2) is 0 Å². The van der Waals surface area contributed by atoms with Crippen molar-refractivity contribution in [3.05, 3.63) is 23.8 Å². The van der Waals surface area contributed by atoms with Crippen LogP contribution in [0.4, 0.5) is 0 Å². The third-order valence-corrected chi connectivity index (χ3v) is 4.15. The summed E-state index contributed by atoms with van der Waals surface area (Å²) in [4.78, 5) is 0. The first-order valence-corrected chi connectivity index (χ1v) is 6.78. The fourth-order valence-electron chi connectivity index (χ4n) is 3.20. The highest BCUT2D eigenvalue weighted by atomic mass is 14.3. The summed E-state index contributed by atoms with van der Waals surface area (Å²) in [6, 6.07) is 0. The molecule has 84 valence electrons. The fourth-order valence-corrected chi connectivity index (χ4v) is 3.20. The molecule has 2 atom stereocenters. The summed E-state index contributed by atoms with van der Waals surface area (Å²) >= 11 is 0. The summed E-state index contributed by atoms with van der Waals surface area (Å²) in [5, 5.41) is 0. The smallest absolute Gasteiger partial charge is 0.0197 e. The highest BCUT2D eigenvalue weighted by molar-refractivity contribution is 5.21. The van der Waals surface area contributed by atoms with Crippen LogP contribution in [0.2, 0.25) is 0 Å². The van der Waals surface area contributed by atoms with Gasteiger partial charge in [-0.2, -0.15) is 0 Å². The van der Waals surface area contributed by atoms with Crippen LogP contribution in [-0.4, -0.2) is 0 Å². The van der Waals surface area contributed by atoms with Gasteiger partial charge in [0.15, 0.2) is 0 Å². The largest absolute Gasteiger partial charge is 0.0845 e. The summed E-state index contributed by atoms with van der Waals surface area (Å²) in [5.41, 5.74) is 1.77. The van der Waals surface area contributed by atoms with E-state index in [2.05, 4.69) is 25.2 Å². The Morgan fingerprint density at radius 2 is 2.07 bits per heavy atom. The third-order valence-electron chi connectivity index (χ3n) is 4.15. The van der Waals surface area contributed by atoms with Gasteiger partial charge < -0.3 is 0 Å². The molecule has 0 radical (unpaired) electrons. The number of allylic oxidation sites excluding steroid dienone is 4. The second-order valence-electron chi connectivity index (χ2n) is 5.11. The Kier molecular flexibility index (Phi) is 4.05. The predicted octanol–water partition coefficient (Wildman–Crippen LogP) is 4.87. The first-order chi connectivity index (χ1) is 7.42. The summed E-state index contributed by atoms with van der Waals surface area (Å²) in [5.74, 6) is 1.83.